The third kappa shape index (κ3) is 3.19. The summed E-state index contributed by atoms with van der Waals surface area (Å²) in [4.78, 5) is 15.9. The Kier molecular flexibility index (Phi) is 4.40. The molecule has 0 amide bonds. The Balaban J connectivity index is 1.96. The van der Waals surface area contributed by atoms with Crippen molar-refractivity contribution in [1.82, 2.24) is 9.80 Å². The number of carbonyl (C=O) groups is 1. The molecule has 17 heavy (non-hydrogen) atoms. The summed E-state index contributed by atoms with van der Waals surface area (Å²) >= 11 is 0. The van der Waals surface area contributed by atoms with Gasteiger partial charge in [-0.2, -0.15) is 0 Å². The molecule has 2 atom stereocenters. The summed E-state index contributed by atoms with van der Waals surface area (Å²) in [6.45, 7) is 6.69. The van der Waals surface area contributed by atoms with Gasteiger partial charge in [-0.25, -0.2) is 0 Å². The van der Waals surface area contributed by atoms with Gasteiger partial charge >= 0.3 is 5.97 Å². The van der Waals surface area contributed by atoms with Gasteiger partial charge in [-0.3, -0.25) is 14.6 Å². The van der Waals surface area contributed by atoms with Crippen LogP contribution in [-0.2, 0) is 4.79 Å². The molecule has 98 valence electrons. The van der Waals surface area contributed by atoms with E-state index in [1.807, 2.05) is 0 Å². The zero-order valence-corrected chi connectivity index (χ0v) is 10.8. The number of aliphatic carboxylic acids is 1. The Hall–Kier alpha value is -0.610. The van der Waals surface area contributed by atoms with E-state index in [0.29, 0.717) is 12.5 Å². The van der Waals surface area contributed by atoms with Crippen LogP contribution < -0.4 is 0 Å². The molecular formula is C13H24N2O2. The summed E-state index contributed by atoms with van der Waals surface area (Å²) in [7, 11) is 0. The van der Waals surface area contributed by atoms with E-state index in [9.17, 15) is 4.79 Å². The maximum Gasteiger partial charge on any atom is 0.304 e. The van der Waals surface area contributed by atoms with Crippen molar-refractivity contribution in [2.24, 2.45) is 0 Å². The van der Waals surface area contributed by atoms with Crippen LogP contribution in [0.25, 0.3) is 0 Å². The Morgan fingerprint density at radius 2 is 2.12 bits per heavy atom. The van der Waals surface area contributed by atoms with Gasteiger partial charge in [-0.1, -0.05) is 6.92 Å². The van der Waals surface area contributed by atoms with Gasteiger partial charge in [0.2, 0.25) is 0 Å². The van der Waals surface area contributed by atoms with Crippen LogP contribution in [0, 0.1) is 0 Å². The van der Waals surface area contributed by atoms with Crippen molar-refractivity contribution in [3.63, 3.8) is 0 Å². The summed E-state index contributed by atoms with van der Waals surface area (Å²) in [6.07, 6.45) is 5.03. The fourth-order valence-corrected chi connectivity index (χ4v) is 3.30. The minimum absolute atomic E-state index is 0.230. The predicted molar refractivity (Wildman–Crippen MR) is 67.1 cm³/mol. The third-order valence-electron chi connectivity index (χ3n) is 4.23. The van der Waals surface area contributed by atoms with E-state index in [2.05, 4.69) is 16.7 Å². The van der Waals surface area contributed by atoms with Gasteiger partial charge in [0.15, 0.2) is 0 Å². The molecule has 0 spiro atoms. The molecule has 2 heterocycles. The Morgan fingerprint density at radius 3 is 2.82 bits per heavy atom. The first-order valence-corrected chi connectivity index (χ1v) is 6.90. The van der Waals surface area contributed by atoms with E-state index in [-0.39, 0.29) is 6.04 Å². The van der Waals surface area contributed by atoms with Crippen molar-refractivity contribution in [3.05, 3.63) is 0 Å². The molecule has 2 fully saturated rings. The minimum atomic E-state index is -0.663. The van der Waals surface area contributed by atoms with Crippen molar-refractivity contribution >= 4 is 5.97 Å². The van der Waals surface area contributed by atoms with Crippen molar-refractivity contribution in [2.45, 2.75) is 51.1 Å². The molecule has 4 heteroatoms. The van der Waals surface area contributed by atoms with E-state index in [1.165, 1.54) is 32.4 Å². The zero-order chi connectivity index (χ0) is 12.3. The molecule has 2 unspecified atom stereocenters. The van der Waals surface area contributed by atoms with Crippen molar-refractivity contribution < 1.29 is 9.90 Å². The first-order valence-electron chi connectivity index (χ1n) is 6.90. The molecule has 0 aromatic carbocycles. The Labute approximate surface area is 104 Å². The molecule has 2 saturated heterocycles. The lowest BCUT2D eigenvalue weighted by molar-refractivity contribution is -0.138. The molecule has 0 aliphatic carbocycles. The molecule has 0 bridgehead atoms. The van der Waals surface area contributed by atoms with E-state index < -0.39 is 5.97 Å². The van der Waals surface area contributed by atoms with Crippen LogP contribution in [0.5, 0.6) is 0 Å². The first kappa shape index (κ1) is 12.8. The number of fused-ring (bicyclic) bond motifs is 1. The van der Waals surface area contributed by atoms with Crippen LogP contribution in [0.3, 0.4) is 0 Å². The van der Waals surface area contributed by atoms with Crippen LogP contribution in [-0.4, -0.2) is 59.1 Å². The standard InChI is InChI=1S/C13H24N2O2/c1-2-11(9-13(16)17)15-8-4-7-14-6-3-5-12(14)10-15/h11-12H,2-10H2,1H3,(H,16,17). The smallest absolute Gasteiger partial charge is 0.304 e. The van der Waals surface area contributed by atoms with Crippen molar-refractivity contribution in [1.29, 1.82) is 0 Å². The highest BCUT2D eigenvalue weighted by Gasteiger charge is 2.31. The second kappa shape index (κ2) is 5.83. The highest BCUT2D eigenvalue weighted by atomic mass is 16.4. The quantitative estimate of drug-likeness (QED) is 0.807. The van der Waals surface area contributed by atoms with E-state index in [1.54, 1.807) is 0 Å². The van der Waals surface area contributed by atoms with Crippen LogP contribution in [0.4, 0.5) is 0 Å². The molecule has 0 aromatic heterocycles. The minimum Gasteiger partial charge on any atom is -0.481 e. The Morgan fingerprint density at radius 1 is 1.35 bits per heavy atom. The van der Waals surface area contributed by atoms with E-state index in [4.69, 9.17) is 5.11 Å². The average molecular weight is 240 g/mol. The molecule has 0 radical (unpaired) electrons. The molecular weight excluding hydrogens is 216 g/mol. The maximum atomic E-state index is 10.9. The number of hydrogen-bond donors (Lipinski definition) is 1. The van der Waals surface area contributed by atoms with Gasteiger partial charge in [0, 0.05) is 18.6 Å². The third-order valence-corrected chi connectivity index (χ3v) is 4.23. The summed E-state index contributed by atoms with van der Waals surface area (Å²) in [5, 5.41) is 8.97. The second-order valence-corrected chi connectivity index (χ2v) is 5.34. The van der Waals surface area contributed by atoms with E-state index in [0.717, 1.165) is 19.5 Å². The molecule has 2 aliphatic heterocycles. The lowest BCUT2D eigenvalue weighted by Gasteiger charge is -2.31. The van der Waals surface area contributed by atoms with Crippen LogP contribution >= 0.6 is 0 Å². The number of nitrogens with zero attached hydrogens (tertiary/aromatic N) is 2. The predicted octanol–water partition coefficient (Wildman–Crippen LogP) is 1.41. The summed E-state index contributed by atoms with van der Waals surface area (Å²) in [5.74, 6) is -0.663. The maximum absolute atomic E-state index is 10.9. The fourth-order valence-electron chi connectivity index (χ4n) is 3.30. The number of carboxylic acid groups (broad SMARTS) is 1. The molecule has 1 N–H and O–H groups in total. The summed E-state index contributed by atoms with van der Waals surface area (Å²) < 4.78 is 0. The van der Waals surface area contributed by atoms with Crippen LogP contribution in [0.1, 0.15) is 39.0 Å². The molecule has 0 aromatic rings. The van der Waals surface area contributed by atoms with Gasteiger partial charge in [-0.05, 0) is 45.3 Å². The van der Waals surface area contributed by atoms with Crippen LogP contribution in [0.2, 0.25) is 0 Å². The normalized spacial score (nSPS) is 28.6. The van der Waals surface area contributed by atoms with Gasteiger partial charge in [0.25, 0.3) is 0 Å². The monoisotopic (exact) mass is 240 g/mol. The molecule has 2 aliphatic rings. The van der Waals surface area contributed by atoms with Crippen molar-refractivity contribution in [3.8, 4) is 0 Å². The number of carboxylic acids is 1. The summed E-state index contributed by atoms with van der Waals surface area (Å²) in [5.41, 5.74) is 0. The highest BCUT2D eigenvalue weighted by Crippen LogP contribution is 2.23. The number of rotatable bonds is 4. The van der Waals surface area contributed by atoms with Gasteiger partial charge in [0.1, 0.15) is 0 Å². The van der Waals surface area contributed by atoms with Gasteiger partial charge in [0.05, 0.1) is 6.42 Å². The van der Waals surface area contributed by atoms with Crippen molar-refractivity contribution in [2.75, 3.05) is 26.2 Å². The van der Waals surface area contributed by atoms with Gasteiger partial charge in [-0.15, -0.1) is 0 Å². The fraction of sp³-hybridized carbons (Fsp3) is 0.923. The molecule has 0 saturated carbocycles. The number of hydrogen-bond acceptors (Lipinski definition) is 3. The molecule has 2 rings (SSSR count). The summed E-state index contributed by atoms with van der Waals surface area (Å²) in [6, 6.07) is 0.911. The lowest BCUT2D eigenvalue weighted by atomic mass is 10.1. The first-order chi connectivity index (χ1) is 8.20. The topological polar surface area (TPSA) is 43.8 Å². The van der Waals surface area contributed by atoms with E-state index >= 15 is 0 Å². The molecule has 4 nitrogen and oxygen atoms in total. The average Bonchev–Trinajstić information content (AvgIpc) is 2.63. The van der Waals surface area contributed by atoms with Gasteiger partial charge < -0.3 is 5.11 Å². The lowest BCUT2D eigenvalue weighted by Crippen LogP contribution is -2.42. The zero-order valence-electron chi connectivity index (χ0n) is 10.8. The highest BCUT2D eigenvalue weighted by molar-refractivity contribution is 5.67. The Bertz CT molecular complexity index is 270. The van der Waals surface area contributed by atoms with Crippen LogP contribution in [0.15, 0.2) is 0 Å². The second-order valence-electron chi connectivity index (χ2n) is 5.34. The SMILES string of the molecule is CCC(CC(=O)O)N1CCCN2CCCC2C1. The largest absolute Gasteiger partial charge is 0.481 e.